The Morgan fingerprint density at radius 1 is 0.933 bits per heavy atom. The highest BCUT2D eigenvalue weighted by Gasteiger charge is 2.48. The molecule has 0 fully saturated rings. The van der Waals surface area contributed by atoms with Gasteiger partial charge < -0.3 is 5.73 Å². The van der Waals surface area contributed by atoms with Gasteiger partial charge in [0.15, 0.2) is 0 Å². The molecule has 0 saturated carbocycles. The van der Waals surface area contributed by atoms with E-state index in [0.29, 0.717) is 23.7 Å². The van der Waals surface area contributed by atoms with Gasteiger partial charge in [-0.2, -0.15) is 0 Å². The molecule has 1 heteroatoms. The molecule has 0 aliphatic heterocycles. The maximum Gasteiger partial charge on any atom is 0.0395 e. The van der Waals surface area contributed by atoms with Crippen LogP contribution in [-0.2, 0) is 0 Å². The second-order valence-corrected chi connectivity index (χ2v) is 5.74. The third-order valence-corrected chi connectivity index (χ3v) is 4.06. The van der Waals surface area contributed by atoms with Crippen LogP contribution in [0.5, 0.6) is 0 Å². The second-order valence-electron chi connectivity index (χ2n) is 5.74. The smallest absolute Gasteiger partial charge is 0.0395 e. The number of nitrogen functional groups attached to an aromatic ring is 1. The largest absolute Gasteiger partial charge is 0.398 e. The van der Waals surface area contributed by atoms with E-state index < -0.39 is 0 Å². The summed E-state index contributed by atoms with van der Waals surface area (Å²) in [7, 11) is 0. The van der Waals surface area contributed by atoms with E-state index in [9.17, 15) is 0 Å². The zero-order valence-corrected chi connectivity index (χ0v) is 9.96. The van der Waals surface area contributed by atoms with E-state index >= 15 is 0 Å². The molecule has 2 unspecified atom stereocenters. The molecule has 0 aromatic heterocycles. The molecule has 2 atom stereocenters. The Bertz CT molecular complexity index is 439. The highest BCUT2D eigenvalue weighted by atomic mass is 14.7. The van der Waals surface area contributed by atoms with Crippen molar-refractivity contribution in [2.45, 2.75) is 39.5 Å². The Labute approximate surface area is 91.7 Å². The molecule has 1 aromatic rings. The number of anilines is 1. The monoisotopic (exact) mass is 201 g/mol. The molecule has 3 aliphatic carbocycles. The molecular weight excluding hydrogens is 182 g/mol. The van der Waals surface area contributed by atoms with Gasteiger partial charge in [-0.15, -0.1) is 0 Å². The van der Waals surface area contributed by atoms with Crippen molar-refractivity contribution in [2.24, 2.45) is 11.8 Å². The summed E-state index contributed by atoms with van der Waals surface area (Å²) in [5.74, 6) is 2.73. The van der Waals surface area contributed by atoms with E-state index in [1.807, 2.05) is 0 Å². The van der Waals surface area contributed by atoms with Crippen molar-refractivity contribution in [3.05, 3.63) is 28.3 Å². The normalized spacial score (nSPS) is 25.5. The first-order valence-electron chi connectivity index (χ1n) is 6.00. The van der Waals surface area contributed by atoms with E-state index in [4.69, 9.17) is 5.73 Å². The third kappa shape index (κ3) is 0.940. The van der Waals surface area contributed by atoms with Gasteiger partial charge in [0.1, 0.15) is 0 Å². The minimum Gasteiger partial charge on any atom is -0.398 e. The minimum atomic E-state index is 0.646. The molecule has 0 amide bonds. The molecule has 15 heavy (non-hydrogen) atoms. The average Bonchev–Trinajstić information content (AvgIpc) is 2.75. The van der Waals surface area contributed by atoms with E-state index in [2.05, 4.69) is 33.8 Å². The molecule has 0 saturated heterocycles. The molecule has 80 valence electrons. The van der Waals surface area contributed by atoms with Crippen LogP contribution >= 0.6 is 0 Å². The lowest BCUT2D eigenvalue weighted by molar-refractivity contribution is 0.539. The molecule has 0 spiro atoms. The van der Waals surface area contributed by atoms with Crippen LogP contribution in [0.25, 0.3) is 0 Å². The third-order valence-electron chi connectivity index (χ3n) is 4.06. The zero-order valence-electron chi connectivity index (χ0n) is 9.96. The zero-order chi connectivity index (χ0) is 10.9. The molecule has 0 heterocycles. The van der Waals surface area contributed by atoms with Crippen LogP contribution < -0.4 is 5.73 Å². The van der Waals surface area contributed by atoms with Crippen molar-refractivity contribution in [1.82, 2.24) is 0 Å². The number of rotatable bonds is 2. The van der Waals surface area contributed by atoms with Crippen molar-refractivity contribution in [1.29, 1.82) is 0 Å². The lowest BCUT2D eigenvalue weighted by atomic mass is 9.73. The first-order chi connectivity index (χ1) is 7.04. The van der Waals surface area contributed by atoms with Gasteiger partial charge in [0.2, 0.25) is 0 Å². The van der Waals surface area contributed by atoms with Gasteiger partial charge in [0.05, 0.1) is 0 Å². The Hall–Kier alpha value is -0.980. The summed E-state index contributed by atoms with van der Waals surface area (Å²) in [4.78, 5) is 0. The van der Waals surface area contributed by atoms with Crippen LogP contribution in [0.3, 0.4) is 0 Å². The summed E-state index contributed by atoms with van der Waals surface area (Å²) in [6, 6.07) is 2.32. The number of nitrogens with two attached hydrogens (primary N) is 1. The molecule has 0 radical (unpaired) electrons. The summed E-state index contributed by atoms with van der Waals surface area (Å²) < 4.78 is 0. The number of benzene rings is 1. The Morgan fingerprint density at radius 3 is 2.07 bits per heavy atom. The number of hydrogen-bond acceptors (Lipinski definition) is 1. The topological polar surface area (TPSA) is 26.0 Å². The molecule has 3 aliphatic rings. The van der Waals surface area contributed by atoms with Crippen molar-refractivity contribution in [3.8, 4) is 0 Å². The quantitative estimate of drug-likeness (QED) is 0.728. The predicted octanol–water partition coefficient (Wildman–Crippen LogP) is 3.47. The Balaban J connectivity index is 2.07. The van der Waals surface area contributed by atoms with Gasteiger partial charge in [-0.1, -0.05) is 33.8 Å². The molecule has 1 aromatic carbocycles. The highest BCUT2D eigenvalue weighted by molar-refractivity contribution is 5.80. The van der Waals surface area contributed by atoms with Crippen LogP contribution in [0.1, 0.15) is 61.8 Å². The van der Waals surface area contributed by atoms with E-state index in [1.54, 1.807) is 11.1 Å². The number of hydrogen-bond donors (Lipinski definition) is 1. The second kappa shape index (κ2) is 2.58. The fourth-order valence-electron chi connectivity index (χ4n) is 3.34. The van der Waals surface area contributed by atoms with Crippen molar-refractivity contribution >= 4 is 5.69 Å². The summed E-state index contributed by atoms with van der Waals surface area (Å²) in [5, 5.41) is 0. The molecule has 1 nitrogen and oxygen atoms in total. The molecule has 4 rings (SSSR count). The summed E-state index contributed by atoms with van der Waals surface area (Å²) in [6.45, 7) is 9.18. The summed E-state index contributed by atoms with van der Waals surface area (Å²) in [6.07, 6.45) is 0. The molecule has 2 N–H and O–H groups in total. The van der Waals surface area contributed by atoms with Crippen LogP contribution in [0.2, 0.25) is 0 Å². The highest BCUT2D eigenvalue weighted by Crippen LogP contribution is 2.63. The standard InChI is InChI=1S/C14H19N/c1-6(2)10-8-5-9(10)14(15)13-11(7(3)4)12(8)13/h5-7,10-11H,15H2,1-4H3. The van der Waals surface area contributed by atoms with Gasteiger partial charge in [-0.3, -0.25) is 0 Å². The van der Waals surface area contributed by atoms with Crippen molar-refractivity contribution in [2.75, 3.05) is 5.73 Å². The predicted molar refractivity (Wildman–Crippen MR) is 64.2 cm³/mol. The van der Waals surface area contributed by atoms with Crippen LogP contribution in [0.15, 0.2) is 6.07 Å². The fraction of sp³-hybridized carbons (Fsp3) is 0.571. The van der Waals surface area contributed by atoms with Crippen molar-refractivity contribution < 1.29 is 0 Å². The average molecular weight is 201 g/mol. The lowest BCUT2D eigenvalue weighted by Gasteiger charge is -2.32. The summed E-state index contributed by atoms with van der Waals surface area (Å²) in [5.41, 5.74) is 13.4. The van der Waals surface area contributed by atoms with E-state index in [-0.39, 0.29) is 0 Å². The summed E-state index contributed by atoms with van der Waals surface area (Å²) >= 11 is 0. The maximum atomic E-state index is 6.23. The minimum absolute atomic E-state index is 0.646. The SMILES string of the molecule is CC(C)C1c2cc1c1c(c2N)C1C(C)C. The maximum absolute atomic E-state index is 6.23. The van der Waals surface area contributed by atoms with E-state index in [1.165, 1.54) is 11.1 Å². The van der Waals surface area contributed by atoms with Crippen molar-refractivity contribution in [3.63, 3.8) is 0 Å². The Kier molecular flexibility index (Phi) is 1.59. The first kappa shape index (κ1) is 9.26. The van der Waals surface area contributed by atoms with E-state index in [0.717, 1.165) is 5.69 Å². The van der Waals surface area contributed by atoms with Crippen LogP contribution in [0, 0.1) is 11.8 Å². The van der Waals surface area contributed by atoms with Gasteiger partial charge >= 0.3 is 0 Å². The van der Waals surface area contributed by atoms with Gasteiger partial charge in [0.25, 0.3) is 0 Å². The fourth-order valence-corrected chi connectivity index (χ4v) is 3.34. The van der Waals surface area contributed by atoms with Gasteiger partial charge in [0, 0.05) is 17.5 Å². The molecular formula is C14H19N. The van der Waals surface area contributed by atoms with Crippen LogP contribution in [0.4, 0.5) is 5.69 Å². The Morgan fingerprint density at radius 2 is 1.53 bits per heavy atom. The van der Waals surface area contributed by atoms with Gasteiger partial charge in [-0.25, -0.2) is 0 Å². The van der Waals surface area contributed by atoms with Gasteiger partial charge in [-0.05, 0) is 34.1 Å². The van der Waals surface area contributed by atoms with Crippen LogP contribution in [-0.4, -0.2) is 0 Å². The first-order valence-corrected chi connectivity index (χ1v) is 6.00. The molecule has 2 bridgehead atoms. The lowest BCUT2D eigenvalue weighted by Crippen LogP contribution is -2.19.